The van der Waals surface area contributed by atoms with Gasteiger partial charge in [0, 0.05) is 33.2 Å². The maximum absolute atomic E-state index is 13.8. The van der Waals surface area contributed by atoms with E-state index in [-0.39, 0.29) is 44.1 Å². The average molecular weight is 483 g/mol. The molecular weight excluding hydrogens is 451 g/mol. The van der Waals surface area contributed by atoms with Crippen LogP contribution in [0.5, 0.6) is 5.75 Å². The molecule has 0 saturated carbocycles. The molecule has 9 heteroatoms. The maximum Gasteiger partial charge on any atom is 0.332 e. The van der Waals surface area contributed by atoms with Crippen LogP contribution in [-0.2, 0) is 13.6 Å². The van der Waals surface area contributed by atoms with Gasteiger partial charge in [0.1, 0.15) is 23.1 Å². The minimum atomic E-state index is -0.772. The Hall–Kier alpha value is -3.59. The summed E-state index contributed by atoms with van der Waals surface area (Å²) in [6, 6.07) is 7.74. The summed E-state index contributed by atoms with van der Waals surface area (Å²) in [5.74, 6) is 1.03. The van der Waals surface area contributed by atoms with Crippen LogP contribution in [0.1, 0.15) is 38.2 Å². The molecule has 1 unspecified atom stereocenters. The van der Waals surface area contributed by atoms with E-state index in [9.17, 15) is 19.1 Å². The minimum absolute atomic E-state index is 0.0988. The Morgan fingerprint density at radius 1 is 1.26 bits per heavy atom. The number of anilines is 2. The molecule has 2 heterocycles. The molecule has 186 valence electrons. The number of rotatable bonds is 8. The third-order valence-electron chi connectivity index (χ3n) is 6.14. The number of fused-ring (bicyclic) bond motifs is 1. The van der Waals surface area contributed by atoms with Crippen LogP contribution in [0.2, 0.25) is 0 Å². The number of hydrogen-bond acceptors (Lipinski definition) is 6. The highest BCUT2D eigenvalue weighted by atomic mass is 19.1. The van der Waals surface area contributed by atoms with Crippen LogP contribution in [0.15, 0.2) is 69.6 Å². The van der Waals surface area contributed by atoms with Crippen LogP contribution < -0.4 is 26.2 Å². The number of halogens is 1. The number of hydrogen-bond donors (Lipinski definition) is 2. The van der Waals surface area contributed by atoms with Crippen LogP contribution in [0.25, 0.3) is 0 Å². The van der Waals surface area contributed by atoms with Crippen LogP contribution in [0, 0.1) is 0 Å². The topological polar surface area (TPSA) is 88.7 Å². The van der Waals surface area contributed by atoms with Crippen molar-refractivity contribution in [2.75, 3.05) is 23.4 Å². The van der Waals surface area contributed by atoms with E-state index < -0.39 is 17.6 Å². The van der Waals surface area contributed by atoms with E-state index in [0.29, 0.717) is 17.5 Å². The van der Waals surface area contributed by atoms with Crippen molar-refractivity contribution in [1.82, 2.24) is 9.13 Å². The van der Waals surface area contributed by atoms with Gasteiger partial charge < -0.3 is 20.1 Å². The van der Waals surface area contributed by atoms with Gasteiger partial charge in [-0.25, -0.2) is 9.18 Å². The predicted octanol–water partition coefficient (Wildman–Crippen LogP) is 3.39. The van der Waals surface area contributed by atoms with Gasteiger partial charge in [-0.3, -0.25) is 13.9 Å². The van der Waals surface area contributed by atoms with Gasteiger partial charge in [-0.05, 0) is 41.7 Å². The number of benzene rings is 1. The van der Waals surface area contributed by atoms with E-state index in [1.807, 2.05) is 30.3 Å². The fourth-order valence-corrected chi connectivity index (χ4v) is 4.19. The molecule has 2 aromatic rings. The van der Waals surface area contributed by atoms with Gasteiger partial charge in [-0.15, -0.1) is 0 Å². The van der Waals surface area contributed by atoms with Gasteiger partial charge in [-0.1, -0.05) is 44.2 Å². The highest BCUT2D eigenvalue weighted by Gasteiger charge is 2.36. The zero-order chi connectivity index (χ0) is 25.1. The summed E-state index contributed by atoms with van der Waals surface area (Å²) in [6.45, 7) is 4.40. The van der Waals surface area contributed by atoms with Gasteiger partial charge in [0.15, 0.2) is 0 Å². The molecule has 1 aliphatic heterocycles. The quantitative estimate of drug-likeness (QED) is 0.600. The smallest absolute Gasteiger partial charge is 0.332 e. The van der Waals surface area contributed by atoms with E-state index in [1.165, 1.54) is 10.6 Å². The number of allylic oxidation sites excluding steroid dienone is 4. The molecule has 0 fully saturated rings. The molecule has 4 rings (SSSR count). The lowest BCUT2D eigenvalue weighted by Gasteiger charge is -2.27. The summed E-state index contributed by atoms with van der Waals surface area (Å²) in [6.07, 6.45) is 6.37. The van der Waals surface area contributed by atoms with E-state index in [1.54, 1.807) is 24.1 Å². The Morgan fingerprint density at radius 3 is 2.80 bits per heavy atom. The van der Waals surface area contributed by atoms with Crippen LogP contribution in [0.3, 0.4) is 0 Å². The molecule has 1 aromatic carbocycles. The van der Waals surface area contributed by atoms with Gasteiger partial charge >= 0.3 is 5.69 Å². The Bertz CT molecular complexity index is 1310. The van der Waals surface area contributed by atoms with Crippen molar-refractivity contribution in [2.45, 2.75) is 45.5 Å². The number of aliphatic hydroxyl groups excluding tert-OH is 1. The SMILES string of the molecule is CC(C)c1cccc(OC2Nc3c(c(=O)n(CCCO)c(=O)n3C)N2CC2=CC=C(F)CC=C2)c1. The van der Waals surface area contributed by atoms with Gasteiger partial charge in [0.05, 0.1) is 0 Å². The number of ether oxygens (including phenoxy) is 1. The second-order valence-electron chi connectivity index (χ2n) is 9.00. The molecule has 1 atom stereocenters. The largest absolute Gasteiger partial charge is 0.452 e. The first-order chi connectivity index (χ1) is 16.8. The first-order valence-electron chi connectivity index (χ1n) is 11.8. The molecule has 2 N–H and O–H groups in total. The lowest BCUT2D eigenvalue weighted by atomic mass is 10.0. The zero-order valence-electron chi connectivity index (χ0n) is 20.2. The summed E-state index contributed by atoms with van der Waals surface area (Å²) in [5.41, 5.74) is 1.24. The van der Waals surface area contributed by atoms with Crippen molar-refractivity contribution in [3.8, 4) is 5.75 Å². The van der Waals surface area contributed by atoms with Crippen molar-refractivity contribution in [1.29, 1.82) is 0 Å². The average Bonchev–Trinajstić information content (AvgIpc) is 3.05. The second-order valence-corrected chi connectivity index (χ2v) is 9.00. The summed E-state index contributed by atoms with van der Waals surface area (Å²) in [5, 5.41) is 12.4. The first kappa shape index (κ1) is 24.5. The lowest BCUT2D eigenvalue weighted by molar-refractivity contribution is 0.232. The summed E-state index contributed by atoms with van der Waals surface area (Å²) in [7, 11) is 1.59. The zero-order valence-corrected chi connectivity index (χ0v) is 20.2. The van der Waals surface area contributed by atoms with Crippen LogP contribution in [-0.4, -0.2) is 33.7 Å². The Labute approximate surface area is 203 Å². The van der Waals surface area contributed by atoms with Crippen LogP contribution >= 0.6 is 0 Å². The normalized spacial score (nSPS) is 17.1. The van der Waals surface area contributed by atoms with Gasteiger partial charge in [0.2, 0.25) is 0 Å². The molecule has 8 nitrogen and oxygen atoms in total. The van der Waals surface area contributed by atoms with E-state index in [2.05, 4.69) is 19.2 Å². The van der Waals surface area contributed by atoms with Crippen molar-refractivity contribution in [3.63, 3.8) is 0 Å². The molecule has 35 heavy (non-hydrogen) atoms. The molecule has 2 aliphatic rings. The maximum atomic E-state index is 13.8. The van der Waals surface area contributed by atoms with E-state index in [0.717, 1.165) is 15.7 Å². The van der Waals surface area contributed by atoms with E-state index >= 15 is 0 Å². The van der Waals surface area contributed by atoms with Gasteiger partial charge in [-0.2, -0.15) is 0 Å². The fourth-order valence-electron chi connectivity index (χ4n) is 4.19. The molecule has 1 aromatic heterocycles. The molecule has 0 saturated heterocycles. The Kier molecular flexibility index (Phi) is 7.25. The van der Waals surface area contributed by atoms with Gasteiger partial charge in [0.25, 0.3) is 11.9 Å². The summed E-state index contributed by atoms with van der Waals surface area (Å²) >= 11 is 0. The molecular formula is C26H31FN4O4. The molecule has 0 radical (unpaired) electrons. The van der Waals surface area contributed by atoms with Crippen molar-refractivity contribution in [2.24, 2.45) is 7.05 Å². The number of nitrogens with zero attached hydrogens (tertiary/aromatic N) is 3. The van der Waals surface area contributed by atoms with E-state index in [4.69, 9.17) is 4.74 Å². The molecule has 1 aliphatic carbocycles. The third kappa shape index (κ3) is 5.09. The molecule has 0 bridgehead atoms. The van der Waals surface area contributed by atoms with Crippen molar-refractivity contribution in [3.05, 3.63) is 86.4 Å². The highest BCUT2D eigenvalue weighted by Crippen LogP contribution is 2.33. The summed E-state index contributed by atoms with van der Waals surface area (Å²) < 4.78 is 22.6. The van der Waals surface area contributed by atoms with Crippen molar-refractivity contribution < 1.29 is 14.2 Å². The fraction of sp³-hybridized carbons (Fsp3) is 0.385. The highest BCUT2D eigenvalue weighted by molar-refractivity contribution is 5.72. The predicted molar refractivity (Wildman–Crippen MR) is 135 cm³/mol. The standard InChI is InChI=1S/C26H31FN4O4/c1-17(2)19-8-5-10-21(15-19)35-25-28-23-22(24(33)30(13-6-14-32)26(34)29(23)3)31(25)16-18-7-4-9-20(27)12-11-18/h4-5,7-8,10-12,15,17,25,28,32H,6,9,13-14,16H2,1-3H3. The third-order valence-corrected chi connectivity index (χ3v) is 6.14. The summed E-state index contributed by atoms with van der Waals surface area (Å²) in [4.78, 5) is 28.1. The Morgan fingerprint density at radius 2 is 2.06 bits per heavy atom. The minimum Gasteiger partial charge on any atom is -0.452 e. The Balaban J connectivity index is 1.78. The monoisotopic (exact) mass is 482 g/mol. The number of aromatic nitrogens is 2. The number of nitrogens with one attached hydrogen (secondary N) is 1. The van der Waals surface area contributed by atoms with Crippen LogP contribution in [0.4, 0.5) is 15.9 Å². The second kappa shape index (κ2) is 10.4. The van der Waals surface area contributed by atoms with Crippen molar-refractivity contribution >= 4 is 11.5 Å². The lowest BCUT2D eigenvalue weighted by Crippen LogP contribution is -2.44. The molecule has 0 spiro atoms. The first-order valence-corrected chi connectivity index (χ1v) is 11.8. The molecule has 0 amide bonds. The number of aliphatic hydroxyl groups is 1.